The van der Waals surface area contributed by atoms with Gasteiger partial charge < -0.3 is 14.6 Å². The maximum atomic E-state index is 12.0. The predicted octanol–water partition coefficient (Wildman–Crippen LogP) is 5.09. The van der Waals surface area contributed by atoms with Crippen molar-refractivity contribution in [3.05, 3.63) is 65.9 Å². The average molecular weight is 393 g/mol. The summed E-state index contributed by atoms with van der Waals surface area (Å²) in [5, 5.41) is 4.29. The van der Waals surface area contributed by atoms with E-state index in [2.05, 4.69) is 66.3 Å². The van der Waals surface area contributed by atoms with Crippen molar-refractivity contribution in [3.63, 3.8) is 0 Å². The van der Waals surface area contributed by atoms with Gasteiger partial charge in [0.25, 0.3) is 0 Å². The van der Waals surface area contributed by atoms with Crippen LogP contribution in [-0.2, 0) is 23.2 Å². The van der Waals surface area contributed by atoms with Gasteiger partial charge in [0.1, 0.15) is 5.75 Å². The van der Waals surface area contributed by atoms with Crippen molar-refractivity contribution in [2.45, 2.75) is 52.0 Å². The van der Waals surface area contributed by atoms with E-state index in [0.717, 1.165) is 25.1 Å². The van der Waals surface area contributed by atoms with Crippen molar-refractivity contribution in [1.82, 2.24) is 9.88 Å². The molecule has 4 nitrogen and oxygen atoms in total. The average Bonchev–Trinajstić information content (AvgIpc) is 3.10. The fraction of sp³-hybridized carbons (Fsp3) is 0.400. The van der Waals surface area contributed by atoms with Crippen LogP contribution in [0.25, 0.3) is 10.9 Å². The first-order valence-electron chi connectivity index (χ1n) is 10.4. The van der Waals surface area contributed by atoms with Crippen molar-refractivity contribution >= 4 is 16.8 Å². The topological polar surface area (TPSA) is 43.3 Å². The number of ether oxygens (including phenoxy) is 1. The first-order valence-corrected chi connectivity index (χ1v) is 10.4. The molecule has 1 aromatic heterocycles. The van der Waals surface area contributed by atoms with Gasteiger partial charge in [0.05, 0.1) is 7.11 Å². The third-order valence-electron chi connectivity index (χ3n) is 5.51. The van der Waals surface area contributed by atoms with Gasteiger partial charge in [-0.25, -0.2) is 0 Å². The normalized spacial score (nSPS) is 11.6. The van der Waals surface area contributed by atoms with Gasteiger partial charge in [0.15, 0.2) is 0 Å². The number of carbonyl (C=O) groups is 1. The number of benzene rings is 2. The van der Waals surface area contributed by atoms with E-state index in [4.69, 9.17) is 4.74 Å². The molecule has 0 radical (unpaired) electrons. The summed E-state index contributed by atoms with van der Waals surface area (Å²) in [4.78, 5) is 12.0. The minimum absolute atomic E-state index is 0.117. The second-order valence-corrected chi connectivity index (χ2v) is 8.27. The number of nitrogens with zero attached hydrogens (tertiary/aromatic N) is 1. The molecule has 3 rings (SSSR count). The Morgan fingerprint density at radius 2 is 1.90 bits per heavy atom. The highest BCUT2D eigenvalue weighted by Crippen LogP contribution is 2.34. The summed E-state index contributed by atoms with van der Waals surface area (Å²) in [5.74, 6) is 0.969. The highest BCUT2D eigenvalue weighted by atomic mass is 16.5. The van der Waals surface area contributed by atoms with Crippen molar-refractivity contribution in [2.75, 3.05) is 13.7 Å². The molecule has 154 valence electrons. The number of methoxy groups -OCH3 is 1. The van der Waals surface area contributed by atoms with Gasteiger partial charge in [-0.3, -0.25) is 4.79 Å². The molecule has 2 aromatic carbocycles. The third kappa shape index (κ3) is 5.00. The second-order valence-electron chi connectivity index (χ2n) is 8.27. The Labute approximate surface area is 173 Å². The molecule has 0 bridgehead atoms. The number of fused-ring (bicyclic) bond motifs is 1. The number of hydrogen-bond donors (Lipinski definition) is 1. The number of aromatic nitrogens is 1. The van der Waals surface area contributed by atoms with Gasteiger partial charge in [-0.05, 0) is 42.2 Å². The van der Waals surface area contributed by atoms with Gasteiger partial charge in [-0.1, -0.05) is 51.1 Å². The SMILES string of the molecule is CCCC(=O)NCC(C)(C)c1cn(CCc2ccccc2)c2ccc(OC)cc12. The Hall–Kier alpha value is -2.75. The molecule has 0 aliphatic heterocycles. The first kappa shape index (κ1) is 21.0. The molecule has 0 atom stereocenters. The fourth-order valence-electron chi connectivity index (χ4n) is 3.75. The van der Waals surface area contributed by atoms with E-state index in [0.29, 0.717) is 13.0 Å². The van der Waals surface area contributed by atoms with E-state index in [9.17, 15) is 4.79 Å². The lowest BCUT2D eigenvalue weighted by molar-refractivity contribution is -0.121. The van der Waals surface area contributed by atoms with Gasteiger partial charge >= 0.3 is 0 Å². The lowest BCUT2D eigenvalue weighted by Crippen LogP contribution is -2.36. The Kier molecular flexibility index (Phi) is 6.63. The van der Waals surface area contributed by atoms with E-state index in [1.54, 1.807) is 7.11 Å². The fourth-order valence-corrected chi connectivity index (χ4v) is 3.75. The molecule has 29 heavy (non-hydrogen) atoms. The zero-order valence-electron chi connectivity index (χ0n) is 18.0. The van der Waals surface area contributed by atoms with E-state index >= 15 is 0 Å². The third-order valence-corrected chi connectivity index (χ3v) is 5.51. The standard InChI is InChI=1S/C25H32N2O2/c1-5-9-24(28)26-18-25(2,3)22-17-27(15-14-19-10-7-6-8-11-19)23-13-12-20(29-4)16-21(22)23/h6-8,10-13,16-17H,5,9,14-15,18H2,1-4H3,(H,26,28). The number of nitrogens with one attached hydrogen (secondary N) is 1. The van der Waals surface area contributed by atoms with E-state index in [1.165, 1.54) is 22.0 Å². The number of carbonyl (C=O) groups excluding carboxylic acids is 1. The lowest BCUT2D eigenvalue weighted by Gasteiger charge is -2.25. The summed E-state index contributed by atoms with van der Waals surface area (Å²) in [6.45, 7) is 7.92. The molecular weight excluding hydrogens is 360 g/mol. The molecule has 4 heteroatoms. The summed E-state index contributed by atoms with van der Waals surface area (Å²) in [6, 6.07) is 16.8. The van der Waals surface area contributed by atoms with Gasteiger partial charge in [-0.2, -0.15) is 0 Å². The number of aryl methyl sites for hydroxylation is 2. The van der Waals surface area contributed by atoms with Crippen LogP contribution in [0.15, 0.2) is 54.7 Å². The molecule has 0 unspecified atom stereocenters. The van der Waals surface area contributed by atoms with Crippen molar-refractivity contribution in [1.29, 1.82) is 0 Å². The molecule has 0 saturated carbocycles. The number of amides is 1. The maximum Gasteiger partial charge on any atom is 0.220 e. The van der Waals surface area contributed by atoms with Crippen LogP contribution in [-0.4, -0.2) is 24.1 Å². The smallest absolute Gasteiger partial charge is 0.220 e. The molecule has 1 heterocycles. The largest absolute Gasteiger partial charge is 0.497 e. The van der Waals surface area contributed by atoms with Crippen molar-refractivity contribution in [2.24, 2.45) is 0 Å². The summed E-state index contributed by atoms with van der Waals surface area (Å²) in [5.41, 5.74) is 3.57. The molecule has 0 aliphatic carbocycles. The van der Waals surface area contributed by atoms with Crippen LogP contribution >= 0.6 is 0 Å². The first-order chi connectivity index (χ1) is 13.9. The van der Waals surface area contributed by atoms with Gasteiger partial charge in [-0.15, -0.1) is 0 Å². The molecule has 0 saturated heterocycles. The summed E-state index contributed by atoms with van der Waals surface area (Å²) < 4.78 is 7.81. The molecule has 1 amide bonds. The Morgan fingerprint density at radius 1 is 1.14 bits per heavy atom. The summed E-state index contributed by atoms with van der Waals surface area (Å²) >= 11 is 0. The van der Waals surface area contributed by atoms with Crippen LogP contribution in [0.1, 0.15) is 44.7 Å². The van der Waals surface area contributed by atoms with Crippen molar-refractivity contribution in [3.8, 4) is 5.75 Å². The van der Waals surface area contributed by atoms with Gasteiger partial charge in [0, 0.05) is 42.0 Å². The Balaban J connectivity index is 1.91. The van der Waals surface area contributed by atoms with Crippen LogP contribution in [0.4, 0.5) is 0 Å². The lowest BCUT2D eigenvalue weighted by atomic mass is 9.84. The van der Waals surface area contributed by atoms with Crippen molar-refractivity contribution < 1.29 is 9.53 Å². The Morgan fingerprint density at radius 3 is 2.59 bits per heavy atom. The van der Waals surface area contributed by atoms with Gasteiger partial charge in [0.2, 0.25) is 5.91 Å². The Bertz CT molecular complexity index is 958. The molecule has 1 N–H and O–H groups in total. The van der Waals surface area contributed by atoms with Crippen LogP contribution in [0, 0.1) is 0 Å². The van der Waals surface area contributed by atoms with Crippen LogP contribution in [0.2, 0.25) is 0 Å². The van der Waals surface area contributed by atoms with E-state index in [1.807, 2.05) is 19.1 Å². The van der Waals surface area contributed by atoms with Crippen LogP contribution in [0.3, 0.4) is 0 Å². The highest BCUT2D eigenvalue weighted by molar-refractivity contribution is 5.86. The molecule has 0 fully saturated rings. The zero-order chi connectivity index (χ0) is 20.9. The quantitative estimate of drug-likeness (QED) is 0.551. The molecule has 0 aliphatic rings. The van der Waals surface area contributed by atoms with E-state index < -0.39 is 0 Å². The van der Waals surface area contributed by atoms with Crippen LogP contribution in [0.5, 0.6) is 5.75 Å². The zero-order valence-corrected chi connectivity index (χ0v) is 18.0. The number of hydrogen-bond acceptors (Lipinski definition) is 2. The van der Waals surface area contributed by atoms with Crippen LogP contribution < -0.4 is 10.1 Å². The molecule has 0 spiro atoms. The number of rotatable bonds is 9. The minimum atomic E-state index is -0.188. The highest BCUT2D eigenvalue weighted by Gasteiger charge is 2.26. The monoisotopic (exact) mass is 392 g/mol. The molecular formula is C25H32N2O2. The second kappa shape index (κ2) is 9.17. The predicted molar refractivity (Wildman–Crippen MR) is 120 cm³/mol. The summed E-state index contributed by atoms with van der Waals surface area (Å²) in [6.07, 6.45) is 4.66. The van der Waals surface area contributed by atoms with E-state index in [-0.39, 0.29) is 11.3 Å². The molecule has 3 aromatic rings. The maximum absolute atomic E-state index is 12.0. The summed E-state index contributed by atoms with van der Waals surface area (Å²) in [7, 11) is 1.70. The minimum Gasteiger partial charge on any atom is -0.497 e.